The molecule has 2 rings (SSSR count). The van der Waals surface area contributed by atoms with E-state index in [9.17, 15) is 8.42 Å². The van der Waals surface area contributed by atoms with Crippen LogP contribution in [-0.4, -0.2) is 29.3 Å². The molecule has 0 bridgehead atoms. The fourth-order valence-electron chi connectivity index (χ4n) is 1.80. The van der Waals surface area contributed by atoms with E-state index < -0.39 is 10.0 Å². The molecule has 0 fully saturated rings. The topological polar surface area (TPSA) is 55.2 Å². The maximum atomic E-state index is 12.5. The number of sulfonamides is 1. The zero-order valence-corrected chi connectivity index (χ0v) is 12.9. The molecule has 1 aromatic heterocycles. The molecule has 0 aliphatic heterocycles. The number of benzene rings is 1. The Bertz CT molecular complexity index is 697. The van der Waals surface area contributed by atoms with Gasteiger partial charge in [0, 0.05) is 32.4 Å². The Balaban J connectivity index is 2.27. The molecule has 0 unspecified atom stereocenters. The fraction of sp³-hybridized carbons (Fsp3) is 0.308. The third-order valence-electron chi connectivity index (χ3n) is 3.05. The summed E-state index contributed by atoms with van der Waals surface area (Å²) in [4.78, 5) is 4.38. The molecule has 0 spiro atoms. The smallest absolute Gasteiger partial charge is 0.243 e. The fourth-order valence-corrected chi connectivity index (χ4v) is 3.16. The largest absolute Gasteiger partial charge is 0.337 e. The number of imidazole rings is 1. The number of hydrogen-bond acceptors (Lipinski definition) is 3. The zero-order valence-electron chi connectivity index (χ0n) is 11.3. The van der Waals surface area contributed by atoms with E-state index in [1.54, 1.807) is 41.2 Å². The molecule has 0 radical (unpaired) electrons. The standard InChI is InChI=1S/C13H16ClN3O2S/c1-16-7-6-15-13(16)10-17(2)20(18,19)12-5-3-4-11(8-12)9-14/h3-8H,9-10H2,1-2H3. The van der Waals surface area contributed by atoms with Crippen molar-refractivity contribution in [3.63, 3.8) is 0 Å². The minimum absolute atomic E-state index is 0.219. The number of alkyl halides is 1. The van der Waals surface area contributed by atoms with Gasteiger partial charge in [-0.05, 0) is 17.7 Å². The number of aromatic nitrogens is 2. The molecule has 0 amide bonds. The van der Waals surface area contributed by atoms with Gasteiger partial charge in [-0.2, -0.15) is 4.31 Å². The van der Waals surface area contributed by atoms with E-state index in [1.807, 2.05) is 7.05 Å². The summed E-state index contributed by atoms with van der Waals surface area (Å²) in [7, 11) is -0.174. The summed E-state index contributed by atoms with van der Waals surface area (Å²) < 4.78 is 28.0. The highest BCUT2D eigenvalue weighted by Crippen LogP contribution is 2.18. The molecule has 0 aliphatic carbocycles. The van der Waals surface area contributed by atoms with Crippen LogP contribution in [0.15, 0.2) is 41.6 Å². The second-order valence-corrected chi connectivity index (χ2v) is 6.81. The number of nitrogens with zero attached hydrogens (tertiary/aromatic N) is 3. The second-order valence-electron chi connectivity index (χ2n) is 4.50. The van der Waals surface area contributed by atoms with Crippen LogP contribution in [0.25, 0.3) is 0 Å². The molecule has 2 aromatic rings. The first-order valence-electron chi connectivity index (χ1n) is 6.02. The summed E-state index contributed by atoms with van der Waals surface area (Å²) in [5, 5.41) is 0. The van der Waals surface area contributed by atoms with Crippen molar-refractivity contribution in [2.24, 2.45) is 7.05 Å². The van der Waals surface area contributed by atoms with Crippen molar-refractivity contribution < 1.29 is 8.42 Å². The van der Waals surface area contributed by atoms with Crippen LogP contribution < -0.4 is 0 Å². The molecule has 0 saturated heterocycles. The van der Waals surface area contributed by atoms with Crippen molar-refractivity contribution in [1.29, 1.82) is 0 Å². The molecule has 0 aliphatic rings. The molecule has 20 heavy (non-hydrogen) atoms. The van der Waals surface area contributed by atoms with Gasteiger partial charge in [-0.15, -0.1) is 11.6 Å². The summed E-state index contributed by atoms with van der Waals surface area (Å²) >= 11 is 5.74. The number of aryl methyl sites for hydroxylation is 1. The van der Waals surface area contributed by atoms with E-state index in [2.05, 4.69) is 4.98 Å². The SMILES string of the molecule is CN(Cc1nccn1C)S(=O)(=O)c1cccc(CCl)c1. The van der Waals surface area contributed by atoms with Gasteiger partial charge in [-0.25, -0.2) is 13.4 Å². The average molecular weight is 314 g/mol. The molecule has 1 aromatic carbocycles. The van der Waals surface area contributed by atoms with Crippen LogP contribution in [0.2, 0.25) is 0 Å². The lowest BCUT2D eigenvalue weighted by molar-refractivity contribution is 0.451. The van der Waals surface area contributed by atoms with Gasteiger partial charge >= 0.3 is 0 Å². The molecule has 0 saturated carbocycles. The van der Waals surface area contributed by atoms with E-state index in [-0.39, 0.29) is 17.3 Å². The Morgan fingerprint density at radius 1 is 1.40 bits per heavy atom. The molecule has 5 nitrogen and oxygen atoms in total. The van der Waals surface area contributed by atoms with Gasteiger partial charge in [0.2, 0.25) is 10.0 Å². The van der Waals surface area contributed by atoms with Gasteiger partial charge in [0.15, 0.2) is 0 Å². The van der Waals surface area contributed by atoms with E-state index in [4.69, 9.17) is 11.6 Å². The number of hydrogen-bond donors (Lipinski definition) is 0. The molecule has 1 heterocycles. The van der Waals surface area contributed by atoms with Gasteiger partial charge in [0.25, 0.3) is 0 Å². The molecule has 108 valence electrons. The highest BCUT2D eigenvalue weighted by atomic mass is 35.5. The minimum atomic E-state index is -3.54. The Hall–Kier alpha value is -1.37. The second kappa shape index (κ2) is 5.95. The lowest BCUT2D eigenvalue weighted by Gasteiger charge is -2.17. The first-order chi connectivity index (χ1) is 9.45. The third-order valence-corrected chi connectivity index (χ3v) is 5.15. The monoisotopic (exact) mass is 313 g/mol. The number of halogens is 1. The van der Waals surface area contributed by atoms with Gasteiger partial charge in [-0.1, -0.05) is 12.1 Å². The zero-order chi connectivity index (χ0) is 14.8. The Morgan fingerprint density at radius 3 is 2.75 bits per heavy atom. The maximum absolute atomic E-state index is 12.5. The summed E-state index contributed by atoms with van der Waals surface area (Å²) in [6.45, 7) is 0.219. The van der Waals surface area contributed by atoms with Gasteiger partial charge in [0.05, 0.1) is 11.4 Å². The highest BCUT2D eigenvalue weighted by Gasteiger charge is 2.22. The van der Waals surface area contributed by atoms with Crippen molar-refractivity contribution in [1.82, 2.24) is 13.9 Å². The quantitative estimate of drug-likeness (QED) is 0.793. The summed E-state index contributed by atoms with van der Waals surface area (Å²) in [5.41, 5.74) is 0.776. The molecule has 0 N–H and O–H groups in total. The lowest BCUT2D eigenvalue weighted by Crippen LogP contribution is -2.27. The van der Waals surface area contributed by atoms with Gasteiger partial charge in [-0.3, -0.25) is 0 Å². The lowest BCUT2D eigenvalue weighted by atomic mass is 10.2. The van der Waals surface area contributed by atoms with E-state index in [0.29, 0.717) is 5.82 Å². The van der Waals surface area contributed by atoms with Crippen molar-refractivity contribution in [2.75, 3.05) is 7.05 Å². The van der Waals surface area contributed by atoms with Crippen molar-refractivity contribution in [3.8, 4) is 0 Å². The third kappa shape index (κ3) is 3.03. The van der Waals surface area contributed by atoms with Crippen LogP contribution in [0.3, 0.4) is 0 Å². The van der Waals surface area contributed by atoms with Crippen LogP contribution >= 0.6 is 11.6 Å². The van der Waals surface area contributed by atoms with Crippen LogP contribution in [0.4, 0.5) is 0 Å². The van der Waals surface area contributed by atoms with Crippen LogP contribution in [0.5, 0.6) is 0 Å². The van der Waals surface area contributed by atoms with E-state index >= 15 is 0 Å². The van der Waals surface area contributed by atoms with Crippen molar-refractivity contribution >= 4 is 21.6 Å². The highest BCUT2D eigenvalue weighted by molar-refractivity contribution is 7.89. The van der Waals surface area contributed by atoms with Gasteiger partial charge in [0.1, 0.15) is 5.82 Å². The van der Waals surface area contributed by atoms with E-state index in [1.165, 1.54) is 11.4 Å². The maximum Gasteiger partial charge on any atom is 0.243 e. The minimum Gasteiger partial charge on any atom is -0.337 e. The Morgan fingerprint density at radius 2 is 2.15 bits per heavy atom. The summed E-state index contributed by atoms with van der Waals surface area (Å²) in [5.74, 6) is 0.969. The molecule has 7 heteroatoms. The molecular weight excluding hydrogens is 298 g/mol. The first kappa shape index (κ1) is 15.0. The Kier molecular flexibility index (Phi) is 4.47. The normalized spacial score (nSPS) is 12.0. The van der Waals surface area contributed by atoms with Crippen molar-refractivity contribution in [2.45, 2.75) is 17.3 Å². The molecule has 0 atom stereocenters. The Labute approximate surface area is 123 Å². The first-order valence-corrected chi connectivity index (χ1v) is 8.00. The van der Waals surface area contributed by atoms with Crippen LogP contribution in [-0.2, 0) is 29.5 Å². The van der Waals surface area contributed by atoms with Crippen LogP contribution in [0.1, 0.15) is 11.4 Å². The summed E-state index contributed by atoms with van der Waals surface area (Å²) in [6, 6.07) is 6.65. The predicted molar refractivity (Wildman–Crippen MR) is 77.9 cm³/mol. The van der Waals surface area contributed by atoms with Crippen molar-refractivity contribution in [3.05, 3.63) is 48.0 Å². The van der Waals surface area contributed by atoms with Gasteiger partial charge < -0.3 is 4.57 Å². The summed E-state index contributed by atoms with van der Waals surface area (Å²) in [6.07, 6.45) is 3.42. The molecular formula is C13H16ClN3O2S. The van der Waals surface area contributed by atoms with Crippen LogP contribution in [0, 0.1) is 0 Å². The average Bonchev–Trinajstić information content (AvgIpc) is 2.84. The van der Waals surface area contributed by atoms with E-state index in [0.717, 1.165) is 5.56 Å². The number of rotatable bonds is 5. The predicted octanol–water partition coefficient (Wildman–Crippen LogP) is 1.98.